The maximum atomic E-state index is 9.23. The lowest BCUT2D eigenvalue weighted by Crippen LogP contribution is -2.01. The Morgan fingerprint density at radius 1 is 1.11 bits per heavy atom. The molecule has 0 aliphatic heterocycles. The second kappa shape index (κ2) is 6.14. The Balaban J connectivity index is 2.01. The molecule has 0 fully saturated rings. The largest absolute Gasteiger partial charge is 0.508 e. The van der Waals surface area contributed by atoms with E-state index < -0.39 is 0 Å². The fraction of sp³-hybridized carbons (Fsp3) is 0.250. The molecule has 0 heterocycles. The van der Waals surface area contributed by atoms with Crippen LogP contribution >= 0.6 is 0 Å². The van der Waals surface area contributed by atoms with Gasteiger partial charge in [0.05, 0.1) is 6.61 Å². The molecule has 0 aliphatic rings. The molecule has 3 nitrogen and oxygen atoms in total. The monoisotopic (exact) mass is 257 g/mol. The summed E-state index contributed by atoms with van der Waals surface area (Å²) in [6.07, 6.45) is 0. The number of phenols is 1. The Morgan fingerprint density at radius 2 is 1.84 bits per heavy atom. The zero-order valence-electron chi connectivity index (χ0n) is 11.3. The van der Waals surface area contributed by atoms with Crippen molar-refractivity contribution in [2.45, 2.75) is 20.4 Å². The molecule has 0 saturated heterocycles. The minimum absolute atomic E-state index is 0.293. The number of hydrogen-bond donors (Lipinski definition) is 2. The fourth-order valence-electron chi connectivity index (χ4n) is 1.90. The molecule has 0 amide bonds. The van der Waals surface area contributed by atoms with Gasteiger partial charge in [-0.15, -0.1) is 0 Å². The van der Waals surface area contributed by atoms with E-state index in [1.54, 1.807) is 12.1 Å². The Labute approximate surface area is 113 Å². The molecule has 3 heteroatoms. The van der Waals surface area contributed by atoms with Crippen molar-refractivity contribution in [2.24, 2.45) is 0 Å². The van der Waals surface area contributed by atoms with E-state index >= 15 is 0 Å². The third-order valence-electron chi connectivity index (χ3n) is 2.93. The summed E-state index contributed by atoms with van der Waals surface area (Å²) in [4.78, 5) is 0. The summed E-state index contributed by atoms with van der Waals surface area (Å²) in [5, 5.41) is 12.6. The summed E-state index contributed by atoms with van der Waals surface area (Å²) in [5.41, 5.74) is 3.38. The molecular weight excluding hydrogens is 238 g/mol. The smallest absolute Gasteiger partial charge is 0.119 e. The normalized spacial score (nSPS) is 10.2. The van der Waals surface area contributed by atoms with Crippen molar-refractivity contribution in [1.29, 1.82) is 0 Å². The summed E-state index contributed by atoms with van der Waals surface area (Å²) < 4.78 is 5.46. The number of nitrogens with one attached hydrogen (secondary N) is 1. The van der Waals surface area contributed by atoms with Crippen LogP contribution in [0.1, 0.15) is 18.1 Å². The Bertz CT molecular complexity index is 535. The van der Waals surface area contributed by atoms with Gasteiger partial charge in [0.1, 0.15) is 11.5 Å². The Hall–Kier alpha value is -2.16. The van der Waals surface area contributed by atoms with E-state index in [-0.39, 0.29) is 0 Å². The number of phenolic OH excluding ortho intramolecular Hbond substituents is 1. The van der Waals surface area contributed by atoms with E-state index in [4.69, 9.17) is 4.74 Å². The molecule has 0 spiro atoms. The molecule has 2 aromatic rings. The van der Waals surface area contributed by atoms with Crippen molar-refractivity contribution in [1.82, 2.24) is 0 Å². The van der Waals surface area contributed by atoms with Gasteiger partial charge in [-0.05, 0) is 55.3 Å². The predicted octanol–water partition coefficient (Wildman–Crippen LogP) is 3.71. The van der Waals surface area contributed by atoms with Gasteiger partial charge < -0.3 is 15.2 Å². The van der Waals surface area contributed by atoms with Crippen LogP contribution in [0.5, 0.6) is 11.5 Å². The van der Waals surface area contributed by atoms with Gasteiger partial charge in [0.2, 0.25) is 0 Å². The van der Waals surface area contributed by atoms with Crippen LogP contribution in [0.25, 0.3) is 0 Å². The molecule has 2 aromatic carbocycles. The summed E-state index contributed by atoms with van der Waals surface area (Å²) >= 11 is 0. The molecule has 0 unspecified atom stereocenters. The lowest BCUT2D eigenvalue weighted by Gasteiger charge is -2.11. The van der Waals surface area contributed by atoms with Gasteiger partial charge in [0.15, 0.2) is 0 Å². The molecule has 2 rings (SSSR count). The van der Waals surface area contributed by atoms with Crippen LogP contribution in [-0.4, -0.2) is 11.7 Å². The van der Waals surface area contributed by atoms with Crippen LogP contribution in [0.4, 0.5) is 5.69 Å². The van der Waals surface area contributed by atoms with E-state index in [0.29, 0.717) is 12.4 Å². The second-order valence-electron chi connectivity index (χ2n) is 4.43. The standard InChI is InChI=1S/C16H19NO2/c1-3-19-15-8-9-16(12(2)10-15)17-11-13-4-6-14(18)7-5-13/h4-10,17-18H,3,11H2,1-2H3. The Morgan fingerprint density at radius 3 is 2.47 bits per heavy atom. The molecule has 0 aromatic heterocycles. The molecule has 19 heavy (non-hydrogen) atoms. The first kappa shape index (κ1) is 13.3. The molecule has 0 bridgehead atoms. The minimum atomic E-state index is 0.293. The predicted molar refractivity (Wildman–Crippen MR) is 77.8 cm³/mol. The zero-order valence-corrected chi connectivity index (χ0v) is 11.3. The van der Waals surface area contributed by atoms with Crippen LogP contribution in [0.2, 0.25) is 0 Å². The molecule has 0 saturated carbocycles. The second-order valence-corrected chi connectivity index (χ2v) is 4.43. The van der Waals surface area contributed by atoms with E-state index in [1.165, 1.54) is 0 Å². The number of hydrogen-bond acceptors (Lipinski definition) is 3. The molecular formula is C16H19NO2. The topological polar surface area (TPSA) is 41.5 Å². The third-order valence-corrected chi connectivity index (χ3v) is 2.93. The van der Waals surface area contributed by atoms with Gasteiger partial charge in [-0.2, -0.15) is 0 Å². The van der Waals surface area contributed by atoms with Crippen LogP contribution < -0.4 is 10.1 Å². The maximum Gasteiger partial charge on any atom is 0.119 e. The van der Waals surface area contributed by atoms with Crippen LogP contribution in [-0.2, 0) is 6.54 Å². The lowest BCUT2D eigenvalue weighted by atomic mass is 10.1. The summed E-state index contributed by atoms with van der Waals surface area (Å²) in [6.45, 7) is 5.45. The zero-order chi connectivity index (χ0) is 13.7. The van der Waals surface area contributed by atoms with E-state index in [9.17, 15) is 5.11 Å². The first-order chi connectivity index (χ1) is 9.19. The molecule has 0 aliphatic carbocycles. The average molecular weight is 257 g/mol. The summed E-state index contributed by atoms with van der Waals surface area (Å²) in [5.74, 6) is 1.19. The van der Waals surface area contributed by atoms with E-state index in [1.807, 2.05) is 37.3 Å². The first-order valence-corrected chi connectivity index (χ1v) is 6.44. The number of ether oxygens (including phenoxy) is 1. The van der Waals surface area contributed by atoms with Crippen molar-refractivity contribution in [2.75, 3.05) is 11.9 Å². The molecule has 2 N–H and O–H groups in total. The fourth-order valence-corrected chi connectivity index (χ4v) is 1.90. The van der Waals surface area contributed by atoms with Crippen molar-refractivity contribution >= 4 is 5.69 Å². The quantitative estimate of drug-likeness (QED) is 0.858. The van der Waals surface area contributed by atoms with Gasteiger partial charge in [-0.1, -0.05) is 12.1 Å². The minimum Gasteiger partial charge on any atom is -0.508 e. The number of benzene rings is 2. The highest BCUT2D eigenvalue weighted by atomic mass is 16.5. The van der Waals surface area contributed by atoms with Gasteiger partial charge in [-0.25, -0.2) is 0 Å². The number of rotatable bonds is 5. The highest BCUT2D eigenvalue weighted by Gasteiger charge is 2.01. The highest BCUT2D eigenvalue weighted by molar-refractivity contribution is 5.53. The lowest BCUT2D eigenvalue weighted by molar-refractivity contribution is 0.340. The molecule has 0 atom stereocenters. The summed E-state index contributed by atoms with van der Waals surface area (Å²) in [7, 11) is 0. The van der Waals surface area contributed by atoms with Crippen LogP contribution in [0.3, 0.4) is 0 Å². The first-order valence-electron chi connectivity index (χ1n) is 6.44. The molecule has 0 radical (unpaired) electrons. The maximum absolute atomic E-state index is 9.23. The average Bonchev–Trinajstić information content (AvgIpc) is 2.40. The third kappa shape index (κ3) is 3.65. The number of anilines is 1. The van der Waals surface area contributed by atoms with Gasteiger partial charge in [-0.3, -0.25) is 0 Å². The highest BCUT2D eigenvalue weighted by Crippen LogP contribution is 2.22. The van der Waals surface area contributed by atoms with Crippen LogP contribution in [0, 0.1) is 6.92 Å². The van der Waals surface area contributed by atoms with Gasteiger partial charge in [0.25, 0.3) is 0 Å². The van der Waals surface area contributed by atoms with Crippen molar-refractivity contribution < 1.29 is 9.84 Å². The molecule has 100 valence electrons. The van der Waals surface area contributed by atoms with E-state index in [2.05, 4.69) is 12.2 Å². The van der Waals surface area contributed by atoms with Crippen LogP contribution in [0.15, 0.2) is 42.5 Å². The van der Waals surface area contributed by atoms with Crippen molar-refractivity contribution in [3.05, 3.63) is 53.6 Å². The van der Waals surface area contributed by atoms with Gasteiger partial charge >= 0.3 is 0 Å². The van der Waals surface area contributed by atoms with E-state index in [0.717, 1.165) is 29.1 Å². The van der Waals surface area contributed by atoms with Crippen molar-refractivity contribution in [3.63, 3.8) is 0 Å². The Kier molecular flexibility index (Phi) is 4.29. The SMILES string of the molecule is CCOc1ccc(NCc2ccc(O)cc2)c(C)c1. The van der Waals surface area contributed by atoms with Gasteiger partial charge in [0, 0.05) is 12.2 Å². The van der Waals surface area contributed by atoms with Crippen molar-refractivity contribution in [3.8, 4) is 11.5 Å². The number of aryl methyl sites for hydroxylation is 1. The summed E-state index contributed by atoms with van der Waals surface area (Å²) in [6, 6.07) is 13.2. The number of aromatic hydroxyl groups is 1.